The second kappa shape index (κ2) is 5.46. The molecule has 0 aliphatic carbocycles. The highest BCUT2D eigenvalue weighted by Gasteiger charge is 2.21. The number of rotatable bonds is 4. The van der Waals surface area contributed by atoms with Crippen molar-refractivity contribution in [2.45, 2.75) is 31.7 Å². The van der Waals surface area contributed by atoms with Crippen molar-refractivity contribution in [3.63, 3.8) is 0 Å². The molecule has 0 aliphatic heterocycles. The Bertz CT molecular complexity index is 502. The average Bonchev–Trinajstić information content (AvgIpc) is 2.15. The van der Waals surface area contributed by atoms with Gasteiger partial charge in [0.25, 0.3) is 0 Å². The van der Waals surface area contributed by atoms with E-state index < -0.39 is 15.8 Å². The van der Waals surface area contributed by atoms with Gasteiger partial charge in [0.2, 0.25) is 10.0 Å². The molecule has 0 bridgehead atoms. The smallest absolute Gasteiger partial charge is 0.208 e. The zero-order chi connectivity index (χ0) is 13.2. The van der Waals surface area contributed by atoms with Gasteiger partial charge in [-0.05, 0) is 47.0 Å². The fourth-order valence-electron chi connectivity index (χ4n) is 1.14. The predicted molar refractivity (Wildman–Crippen MR) is 68.7 cm³/mol. The van der Waals surface area contributed by atoms with Gasteiger partial charge >= 0.3 is 0 Å². The second-order valence-corrected chi connectivity index (χ2v) is 6.77. The zero-order valence-corrected chi connectivity index (χ0v) is 12.3. The molecule has 6 heteroatoms. The van der Waals surface area contributed by atoms with Crippen molar-refractivity contribution in [1.82, 2.24) is 4.72 Å². The first kappa shape index (κ1) is 14.6. The van der Waals surface area contributed by atoms with E-state index in [0.717, 1.165) is 12.1 Å². The molecule has 0 heterocycles. The van der Waals surface area contributed by atoms with Gasteiger partial charge in [-0.3, -0.25) is 0 Å². The second-order valence-electron chi connectivity index (χ2n) is 4.23. The number of hydrogen-bond donors (Lipinski definition) is 1. The van der Waals surface area contributed by atoms with Crippen molar-refractivity contribution in [2.75, 3.05) is 0 Å². The van der Waals surface area contributed by atoms with E-state index in [9.17, 15) is 12.8 Å². The molecule has 1 unspecified atom stereocenters. The summed E-state index contributed by atoms with van der Waals surface area (Å²) in [5.74, 6) is -0.295. The quantitative estimate of drug-likeness (QED) is 0.926. The summed E-state index contributed by atoms with van der Waals surface area (Å²) in [4.78, 5) is 0.0476. The van der Waals surface area contributed by atoms with Crippen LogP contribution in [0.1, 0.15) is 20.8 Å². The Hall–Kier alpha value is -0.460. The van der Waals surface area contributed by atoms with Crippen LogP contribution in [0, 0.1) is 11.7 Å². The normalized spacial score (nSPS) is 14.0. The summed E-state index contributed by atoms with van der Waals surface area (Å²) in [6.45, 7) is 5.64. The third-order valence-electron chi connectivity index (χ3n) is 2.52. The Morgan fingerprint density at radius 2 is 1.88 bits per heavy atom. The van der Waals surface area contributed by atoms with Gasteiger partial charge in [0.15, 0.2) is 0 Å². The van der Waals surface area contributed by atoms with Gasteiger partial charge in [0.1, 0.15) is 5.82 Å². The lowest BCUT2D eigenvalue weighted by Crippen LogP contribution is -2.36. The third-order valence-corrected chi connectivity index (χ3v) is 5.06. The van der Waals surface area contributed by atoms with Gasteiger partial charge in [-0.25, -0.2) is 17.5 Å². The van der Waals surface area contributed by atoms with E-state index in [0.29, 0.717) is 0 Å². The van der Waals surface area contributed by atoms with Crippen molar-refractivity contribution >= 4 is 26.0 Å². The zero-order valence-electron chi connectivity index (χ0n) is 9.87. The number of sulfonamides is 1. The Morgan fingerprint density at radius 1 is 1.29 bits per heavy atom. The molecule has 0 fully saturated rings. The van der Waals surface area contributed by atoms with E-state index in [1.807, 2.05) is 13.8 Å². The number of hydrogen-bond acceptors (Lipinski definition) is 2. The highest BCUT2D eigenvalue weighted by atomic mass is 79.9. The monoisotopic (exact) mass is 323 g/mol. The lowest BCUT2D eigenvalue weighted by Gasteiger charge is -2.18. The van der Waals surface area contributed by atoms with Gasteiger partial charge in [-0.2, -0.15) is 0 Å². The molecule has 0 spiro atoms. The van der Waals surface area contributed by atoms with E-state index in [1.54, 1.807) is 6.92 Å². The Morgan fingerprint density at radius 3 is 2.35 bits per heavy atom. The van der Waals surface area contributed by atoms with Crippen molar-refractivity contribution in [2.24, 2.45) is 5.92 Å². The van der Waals surface area contributed by atoms with E-state index in [-0.39, 0.29) is 21.3 Å². The van der Waals surface area contributed by atoms with Crippen LogP contribution in [0.5, 0.6) is 0 Å². The SMILES string of the molecule is CC(C)C(C)NS(=O)(=O)c1ccc(F)cc1Br. The van der Waals surface area contributed by atoms with E-state index in [4.69, 9.17) is 0 Å². The van der Waals surface area contributed by atoms with E-state index in [2.05, 4.69) is 20.7 Å². The summed E-state index contributed by atoms with van der Waals surface area (Å²) in [5, 5.41) is 0. The molecular formula is C11H15BrFNO2S. The van der Waals surface area contributed by atoms with Crippen LogP contribution >= 0.6 is 15.9 Å². The maximum atomic E-state index is 12.9. The first-order valence-corrected chi connectivity index (χ1v) is 7.49. The fraction of sp³-hybridized carbons (Fsp3) is 0.455. The highest BCUT2D eigenvalue weighted by Crippen LogP contribution is 2.23. The summed E-state index contributed by atoms with van der Waals surface area (Å²) < 4.78 is 39.7. The van der Waals surface area contributed by atoms with Crippen molar-refractivity contribution in [3.05, 3.63) is 28.5 Å². The Balaban J connectivity index is 3.06. The number of benzene rings is 1. The maximum absolute atomic E-state index is 12.9. The van der Waals surface area contributed by atoms with Crippen molar-refractivity contribution in [1.29, 1.82) is 0 Å². The summed E-state index contributed by atoms with van der Waals surface area (Å²) in [6, 6.07) is 3.32. The molecule has 96 valence electrons. The minimum Gasteiger partial charge on any atom is -0.208 e. The molecule has 0 saturated carbocycles. The van der Waals surface area contributed by atoms with Crippen LogP contribution in [0.3, 0.4) is 0 Å². The Kier molecular flexibility index (Phi) is 4.69. The lowest BCUT2D eigenvalue weighted by atomic mass is 10.1. The molecule has 1 atom stereocenters. The van der Waals surface area contributed by atoms with Crippen LogP contribution in [-0.4, -0.2) is 14.5 Å². The van der Waals surface area contributed by atoms with Crippen LogP contribution in [-0.2, 0) is 10.0 Å². The van der Waals surface area contributed by atoms with Crippen molar-refractivity contribution < 1.29 is 12.8 Å². The number of nitrogens with one attached hydrogen (secondary N) is 1. The first-order valence-electron chi connectivity index (χ1n) is 5.21. The van der Waals surface area contributed by atoms with Crippen LogP contribution in [0.15, 0.2) is 27.6 Å². The van der Waals surface area contributed by atoms with Gasteiger partial charge < -0.3 is 0 Å². The summed E-state index contributed by atoms with van der Waals surface area (Å²) in [7, 11) is -3.62. The molecule has 0 radical (unpaired) electrons. The molecule has 1 rings (SSSR count). The van der Waals surface area contributed by atoms with Gasteiger partial charge in [-0.1, -0.05) is 13.8 Å². The molecule has 1 aromatic carbocycles. The van der Waals surface area contributed by atoms with Crippen LogP contribution in [0.2, 0.25) is 0 Å². The molecular weight excluding hydrogens is 309 g/mol. The van der Waals surface area contributed by atoms with Gasteiger partial charge in [0, 0.05) is 10.5 Å². The van der Waals surface area contributed by atoms with Crippen molar-refractivity contribution in [3.8, 4) is 0 Å². The van der Waals surface area contributed by atoms with E-state index in [1.165, 1.54) is 6.07 Å². The summed E-state index contributed by atoms with van der Waals surface area (Å²) in [6.07, 6.45) is 0. The standard InChI is InChI=1S/C11H15BrFNO2S/c1-7(2)8(3)14-17(15,16)11-5-4-9(13)6-10(11)12/h4-8,14H,1-3H3. The minimum atomic E-state index is -3.62. The molecule has 0 aliphatic rings. The maximum Gasteiger partial charge on any atom is 0.241 e. The van der Waals surface area contributed by atoms with Gasteiger partial charge in [-0.15, -0.1) is 0 Å². The highest BCUT2D eigenvalue weighted by molar-refractivity contribution is 9.10. The van der Waals surface area contributed by atoms with Crippen LogP contribution in [0.4, 0.5) is 4.39 Å². The van der Waals surface area contributed by atoms with E-state index >= 15 is 0 Å². The summed E-state index contributed by atoms with van der Waals surface area (Å²) >= 11 is 3.05. The predicted octanol–water partition coefficient (Wildman–Crippen LogP) is 2.91. The largest absolute Gasteiger partial charge is 0.241 e. The molecule has 0 amide bonds. The average molecular weight is 324 g/mol. The number of halogens is 2. The summed E-state index contributed by atoms with van der Waals surface area (Å²) in [5.41, 5.74) is 0. The molecule has 1 aromatic rings. The van der Waals surface area contributed by atoms with Crippen LogP contribution in [0.25, 0.3) is 0 Å². The fourth-order valence-corrected chi connectivity index (χ4v) is 3.58. The molecule has 1 N–H and O–H groups in total. The van der Waals surface area contributed by atoms with Crippen LogP contribution < -0.4 is 4.72 Å². The lowest BCUT2D eigenvalue weighted by molar-refractivity contribution is 0.476. The third kappa shape index (κ3) is 3.76. The minimum absolute atomic E-state index is 0.0476. The molecule has 0 aromatic heterocycles. The topological polar surface area (TPSA) is 46.2 Å². The molecule has 3 nitrogen and oxygen atoms in total. The van der Waals surface area contributed by atoms with Gasteiger partial charge in [0.05, 0.1) is 4.90 Å². The molecule has 0 saturated heterocycles. The first-order chi connectivity index (χ1) is 7.74. The molecule has 17 heavy (non-hydrogen) atoms. The Labute approximate surface area is 110 Å².